The van der Waals surface area contributed by atoms with Gasteiger partial charge in [-0.25, -0.2) is 0 Å². The quantitative estimate of drug-likeness (QED) is 0.123. The van der Waals surface area contributed by atoms with Gasteiger partial charge in [-0.15, -0.1) is 11.8 Å². The van der Waals surface area contributed by atoms with Crippen LogP contribution in [0.15, 0.2) is 114 Å². The number of nitrogens with one attached hydrogen (secondary N) is 3. The Balaban J connectivity index is 1.51. The molecule has 0 aliphatic carbocycles. The van der Waals surface area contributed by atoms with E-state index in [1.54, 1.807) is 55.7 Å². The molecule has 0 radical (unpaired) electrons. The number of hydrogen-bond acceptors (Lipinski definition) is 6. The molecule has 0 aromatic heterocycles. The number of carbonyl (C=O) groups excluding carboxylic acids is 3. The molecule has 0 saturated heterocycles. The molecular weight excluding hydrogens is 572 g/mol. The van der Waals surface area contributed by atoms with Gasteiger partial charge in [-0.2, -0.15) is 0 Å². The van der Waals surface area contributed by atoms with Gasteiger partial charge in [-0.3, -0.25) is 14.4 Å². The van der Waals surface area contributed by atoms with Gasteiger partial charge in [0.1, 0.15) is 11.4 Å². The van der Waals surface area contributed by atoms with Crippen molar-refractivity contribution < 1.29 is 19.1 Å². The lowest BCUT2D eigenvalue weighted by Gasteiger charge is -2.17. The van der Waals surface area contributed by atoms with E-state index in [2.05, 4.69) is 16.0 Å². The second kappa shape index (κ2) is 15.5. The van der Waals surface area contributed by atoms with Gasteiger partial charge in [0.2, 0.25) is 5.91 Å². The number of thioether (sulfide) groups is 1. The van der Waals surface area contributed by atoms with E-state index in [1.165, 1.54) is 11.8 Å². The van der Waals surface area contributed by atoms with Crippen LogP contribution < -0.4 is 25.6 Å². The second-order valence-corrected chi connectivity index (χ2v) is 11.3. The molecule has 1 unspecified atom stereocenters. The summed E-state index contributed by atoms with van der Waals surface area (Å²) in [4.78, 5) is 42.4. The maximum Gasteiger partial charge on any atom is 0.272 e. The van der Waals surface area contributed by atoms with E-state index >= 15 is 0 Å². The van der Waals surface area contributed by atoms with Gasteiger partial charge in [0, 0.05) is 35.9 Å². The lowest BCUT2D eigenvalue weighted by atomic mass is 10.1. The first-order valence-corrected chi connectivity index (χ1v) is 15.0. The molecule has 44 heavy (non-hydrogen) atoms. The minimum atomic E-state index is -0.478. The second-order valence-electron chi connectivity index (χ2n) is 10.1. The molecule has 8 nitrogen and oxygen atoms in total. The van der Waals surface area contributed by atoms with Crippen LogP contribution in [0.2, 0.25) is 0 Å². The molecule has 0 saturated carbocycles. The maximum atomic E-state index is 13.5. The van der Waals surface area contributed by atoms with E-state index in [0.29, 0.717) is 29.1 Å². The van der Waals surface area contributed by atoms with Gasteiger partial charge in [-0.1, -0.05) is 55.5 Å². The molecular formula is C35H36N4O4S. The molecule has 4 aromatic carbocycles. The molecule has 9 heteroatoms. The Morgan fingerprint density at radius 2 is 1.57 bits per heavy atom. The Bertz CT molecular complexity index is 1620. The molecule has 0 heterocycles. The van der Waals surface area contributed by atoms with Crippen molar-refractivity contribution in [2.45, 2.75) is 23.5 Å². The molecule has 226 valence electrons. The predicted molar refractivity (Wildman–Crippen MR) is 179 cm³/mol. The average molecular weight is 609 g/mol. The lowest BCUT2D eigenvalue weighted by molar-refractivity contribution is -0.116. The number of amides is 3. The van der Waals surface area contributed by atoms with Gasteiger partial charge >= 0.3 is 0 Å². The number of benzene rings is 4. The number of para-hydroxylation sites is 2. The summed E-state index contributed by atoms with van der Waals surface area (Å²) in [6, 6.07) is 30.9. The molecule has 4 rings (SSSR count). The van der Waals surface area contributed by atoms with Crippen LogP contribution >= 0.6 is 11.8 Å². The number of methoxy groups -OCH3 is 1. The molecule has 4 aromatic rings. The first-order chi connectivity index (χ1) is 21.3. The van der Waals surface area contributed by atoms with E-state index in [-0.39, 0.29) is 16.9 Å². The van der Waals surface area contributed by atoms with Crippen molar-refractivity contribution in [1.82, 2.24) is 5.32 Å². The molecule has 3 amide bonds. The molecule has 0 bridgehead atoms. The summed E-state index contributed by atoms with van der Waals surface area (Å²) >= 11 is 1.40. The molecule has 0 aliphatic rings. The smallest absolute Gasteiger partial charge is 0.272 e. The molecule has 0 spiro atoms. The molecule has 3 N–H and O–H groups in total. The van der Waals surface area contributed by atoms with E-state index < -0.39 is 11.8 Å². The molecule has 1 atom stereocenters. The van der Waals surface area contributed by atoms with E-state index in [4.69, 9.17) is 4.74 Å². The summed E-state index contributed by atoms with van der Waals surface area (Å²) in [5.41, 5.74) is 3.43. The fourth-order valence-electron chi connectivity index (χ4n) is 4.27. The summed E-state index contributed by atoms with van der Waals surface area (Å²) in [6.07, 6.45) is 2.23. The van der Waals surface area contributed by atoms with Crippen molar-refractivity contribution in [3.05, 3.63) is 120 Å². The third-order valence-corrected chi connectivity index (χ3v) is 8.01. The zero-order valence-corrected chi connectivity index (χ0v) is 26.0. The highest BCUT2D eigenvalue weighted by atomic mass is 32.2. The molecule has 0 fully saturated rings. The number of hydrogen-bond donors (Lipinski definition) is 3. The predicted octanol–water partition coefficient (Wildman–Crippen LogP) is 6.68. The highest BCUT2D eigenvalue weighted by Gasteiger charge is 2.20. The Hall–Kier alpha value is -5.02. The first-order valence-electron chi connectivity index (χ1n) is 14.1. The van der Waals surface area contributed by atoms with Crippen LogP contribution in [0.25, 0.3) is 6.08 Å². The van der Waals surface area contributed by atoms with Crippen LogP contribution in [0.4, 0.5) is 17.1 Å². The zero-order chi connectivity index (χ0) is 31.5. The third-order valence-electron chi connectivity index (χ3n) is 6.65. The van der Waals surface area contributed by atoms with Gasteiger partial charge in [0.25, 0.3) is 11.8 Å². The Morgan fingerprint density at radius 3 is 2.25 bits per heavy atom. The number of rotatable bonds is 12. The van der Waals surface area contributed by atoms with Gasteiger partial charge in [-0.05, 0) is 72.7 Å². The van der Waals surface area contributed by atoms with Crippen LogP contribution in [-0.4, -0.2) is 44.2 Å². The zero-order valence-electron chi connectivity index (χ0n) is 25.2. The maximum absolute atomic E-state index is 13.5. The summed E-state index contributed by atoms with van der Waals surface area (Å²) in [5, 5.41) is 8.25. The van der Waals surface area contributed by atoms with Crippen LogP contribution in [0, 0.1) is 0 Å². The van der Waals surface area contributed by atoms with Crippen molar-refractivity contribution in [2.75, 3.05) is 36.7 Å². The normalized spacial score (nSPS) is 11.7. The molecule has 0 aliphatic heterocycles. The largest absolute Gasteiger partial charge is 0.495 e. The van der Waals surface area contributed by atoms with Crippen molar-refractivity contribution in [3.8, 4) is 5.75 Å². The fraction of sp³-hybridized carbons (Fsp3) is 0.171. The van der Waals surface area contributed by atoms with Crippen LogP contribution in [-0.2, 0) is 9.59 Å². The van der Waals surface area contributed by atoms with Crippen LogP contribution in [0.5, 0.6) is 5.75 Å². The highest BCUT2D eigenvalue weighted by Crippen LogP contribution is 2.30. The van der Waals surface area contributed by atoms with Gasteiger partial charge < -0.3 is 25.6 Å². The van der Waals surface area contributed by atoms with E-state index in [1.807, 2.05) is 86.6 Å². The van der Waals surface area contributed by atoms with Crippen molar-refractivity contribution in [3.63, 3.8) is 0 Å². The van der Waals surface area contributed by atoms with Crippen molar-refractivity contribution >= 4 is 52.6 Å². The standard InChI is InChI=1S/C35H36N4O4S/c1-5-32(35(42)37-29-16-9-10-17-31(29)43-4)44-28-15-11-14-26(23-28)36-34(41)30(38-33(40)25-12-7-6-8-13-25)22-24-18-20-27(21-19-24)39(2)3/h6-23,32H,5H2,1-4H3,(H,36,41)(H,37,42)(H,38,40)/b30-22+. The number of nitrogens with zero attached hydrogens (tertiary/aromatic N) is 1. The fourth-order valence-corrected chi connectivity index (χ4v) is 5.28. The number of ether oxygens (including phenoxy) is 1. The summed E-state index contributed by atoms with van der Waals surface area (Å²) in [7, 11) is 5.46. The summed E-state index contributed by atoms with van der Waals surface area (Å²) in [6.45, 7) is 1.95. The minimum absolute atomic E-state index is 0.0946. The summed E-state index contributed by atoms with van der Waals surface area (Å²) in [5.74, 6) is -0.435. The number of anilines is 3. The van der Waals surface area contributed by atoms with E-state index in [0.717, 1.165) is 16.1 Å². The Labute approximate surface area is 262 Å². The summed E-state index contributed by atoms with van der Waals surface area (Å²) < 4.78 is 5.36. The van der Waals surface area contributed by atoms with Crippen molar-refractivity contribution in [1.29, 1.82) is 0 Å². The number of carbonyl (C=O) groups is 3. The Morgan fingerprint density at radius 1 is 0.864 bits per heavy atom. The minimum Gasteiger partial charge on any atom is -0.495 e. The Kier molecular flexibility index (Phi) is 11.2. The van der Waals surface area contributed by atoms with Gasteiger partial charge in [0.15, 0.2) is 0 Å². The van der Waals surface area contributed by atoms with Crippen molar-refractivity contribution in [2.24, 2.45) is 0 Å². The van der Waals surface area contributed by atoms with Gasteiger partial charge in [0.05, 0.1) is 18.0 Å². The highest BCUT2D eigenvalue weighted by molar-refractivity contribution is 8.00. The third kappa shape index (κ3) is 8.75. The van der Waals surface area contributed by atoms with Crippen LogP contribution in [0.1, 0.15) is 29.3 Å². The topological polar surface area (TPSA) is 99.8 Å². The SMILES string of the molecule is CCC(Sc1cccc(NC(=O)/C(=C\c2ccc(N(C)C)cc2)NC(=O)c2ccccc2)c1)C(=O)Nc1ccccc1OC. The van der Waals surface area contributed by atoms with E-state index in [9.17, 15) is 14.4 Å². The lowest BCUT2D eigenvalue weighted by Crippen LogP contribution is -2.30. The van der Waals surface area contributed by atoms with Crippen LogP contribution in [0.3, 0.4) is 0 Å². The average Bonchev–Trinajstić information content (AvgIpc) is 3.04. The first kappa shape index (κ1) is 31.9. The monoisotopic (exact) mass is 608 g/mol.